The summed E-state index contributed by atoms with van der Waals surface area (Å²) >= 11 is 5.16. The first-order valence-corrected chi connectivity index (χ1v) is 8.54. The largest absolute Gasteiger partial charge is 0.494 e. The van der Waals surface area contributed by atoms with Gasteiger partial charge < -0.3 is 15.4 Å². The van der Waals surface area contributed by atoms with Crippen LogP contribution < -0.4 is 15.4 Å². The maximum atomic E-state index is 11.8. The summed E-state index contributed by atoms with van der Waals surface area (Å²) in [4.78, 5) is 11.8. The standard InChI is InChI=1S/C18H28N2O2S/c1-5-6-7-12-22-15-10-8-14(9-11-15)19-17(23)20-16(21)13-18(2,3)4/h8-11H,5-7,12-13H2,1-4H3,(H2,19,20,21,23). The summed E-state index contributed by atoms with van der Waals surface area (Å²) in [7, 11) is 0. The van der Waals surface area contributed by atoms with Crippen LogP contribution in [0.2, 0.25) is 0 Å². The molecule has 0 saturated heterocycles. The smallest absolute Gasteiger partial charge is 0.226 e. The Morgan fingerprint density at radius 1 is 1.17 bits per heavy atom. The molecule has 0 atom stereocenters. The second-order valence-electron chi connectivity index (χ2n) is 6.82. The number of hydrogen-bond acceptors (Lipinski definition) is 3. The van der Waals surface area contributed by atoms with Gasteiger partial charge in [-0.3, -0.25) is 4.79 Å². The van der Waals surface area contributed by atoms with Gasteiger partial charge in [0.15, 0.2) is 5.11 Å². The van der Waals surface area contributed by atoms with Crippen LogP contribution >= 0.6 is 12.2 Å². The van der Waals surface area contributed by atoms with Crippen LogP contribution in [-0.4, -0.2) is 17.6 Å². The van der Waals surface area contributed by atoms with Gasteiger partial charge >= 0.3 is 0 Å². The Morgan fingerprint density at radius 3 is 2.39 bits per heavy atom. The lowest BCUT2D eigenvalue weighted by Crippen LogP contribution is -2.36. The quantitative estimate of drug-likeness (QED) is 0.568. The Labute approximate surface area is 145 Å². The molecular weight excluding hydrogens is 308 g/mol. The number of carbonyl (C=O) groups excluding carboxylic acids is 1. The number of unbranched alkanes of at least 4 members (excludes halogenated alkanes) is 2. The monoisotopic (exact) mass is 336 g/mol. The first-order chi connectivity index (χ1) is 10.8. The topological polar surface area (TPSA) is 50.4 Å². The van der Waals surface area contributed by atoms with Gasteiger partial charge in [0.05, 0.1) is 6.61 Å². The molecule has 5 heteroatoms. The van der Waals surface area contributed by atoms with E-state index in [1.807, 2.05) is 45.0 Å². The Bertz CT molecular complexity index is 507. The van der Waals surface area contributed by atoms with Gasteiger partial charge in [-0.15, -0.1) is 0 Å². The van der Waals surface area contributed by atoms with Crippen molar-refractivity contribution in [2.24, 2.45) is 5.41 Å². The first kappa shape index (κ1) is 19.4. The molecule has 2 N–H and O–H groups in total. The molecule has 23 heavy (non-hydrogen) atoms. The highest BCUT2D eigenvalue weighted by molar-refractivity contribution is 7.80. The summed E-state index contributed by atoms with van der Waals surface area (Å²) in [6.07, 6.45) is 3.87. The normalized spacial score (nSPS) is 11.0. The van der Waals surface area contributed by atoms with E-state index in [-0.39, 0.29) is 11.3 Å². The zero-order valence-electron chi connectivity index (χ0n) is 14.6. The molecule has 1 aromatic carbocycles. The predicted octanol–water partition coefficient (Wildman–Crippen LogP) is 4.50. The molecule has 0 aliphatic heterocycles. The van der Waals surface area contributed by atoms with Gasteiger partial charge in [0, 0.05) is 12.1 Å². The molecule has 1 amide bonds. The molecule has 0 radical (unpaired) electrons. The predicted molar refractivity (Wildman–Crippen MR) is 99.9 cm³/mol. The molecule has 0 unspecified atom stereocenters. The summed E-state index contributed by atoms with van der Waals surface area (Å²) in [6.45, 7) is 8.96. The summed E-state index contributed by atoms with van der Waals surface area (Å²) in [6, 6.07) is 7.57. The number of carbonyl (C=O) groups is 1. The molecule has 0 aliphatic rings. The molecule has 0 spiro atoms. The maximum Gasteiger partial charge on any atom is 0.226 e. The number of benzene rings is 1. The molecule has 1 aromatic rings. The van der Waals surface area contributed by atoms with E-state index in [9.17, 15) is 4.79 Å². The Morgan fingerprint density at radius 2 is 1.83 bits per heavy atom. The fourth-order valence-electron chi connectivity index (χ4n) is 1.99. The number of ether oxygens (including phenoxy) is 1. The molecule has 0 bridgehead atoms. The van der Waals surface area contributed by atoms with E-state index < -0.39 is 0 Å². The van der Waals surface area contributed by atoms with Gasteiger partial charge in [-0.05, 0) is 48.3 Å². The molecule has 0 saturated carbocycles. The summed E-state index contributed by atoms with van der Waals surface area (Å²) < 4.78 is 5.66. The highest BCUT2D eigenvalue weighted by atomic mass is 32.1. The van der Waals surface area contributed by atoms with Crippen LogP contribution in [0.4, 0.5) is 5.69 Å². The van der Waals surface area contributed by atoms with Crippen molar-refractivity contribution in [3.63, 3.8) is 0 Å². The van der Waals surface area contributed by atoms with Gasteiger partial charge in [-0.1, -0.05) is 40.5 Å². The van der Waals surface area contributed by atoms with Gasteiger partial charge in [0.25, 0.3) is 0 Å². The third kappa shape index (κ3) is 9.18. The van der Waals surface area contributed by atoms with E-state index in [1.165, 1.54) is 12.8 Å². The fourth-order valence-corrected chi connectivity index (χ4v) is 2.22. The minimum absolute atomic E-state index is 0.0591. The lowest BCUT2D eigenvalue weighted by Gasteiger charge is -2.18. The van der Waals surface area contributed by atoms with Crippen LogP contribution in [-0.2, 0) is 4.79 Å². The SMILES string of the molecule is CCCCCOc1ccc(NC(=S)NC(=O)CC(C)(C)C)cc1. The Hall–Kier alpha value is -1.62. The number of thiocarbonyl (C=S) groups is 1. The van der Waals surface area contributed by atoms with Crippen molar-refractivity contribution in [1.29, 1.82) is 0 Å². The van der Waals surface area contributed by atoms with Crippen LogP contribution in [0, 0.1) is 5.41 Å². The van der Waals surface area contributed by atoms with Gasteiger partial charge in [-0.2, -0.15) is 0 Å². The average Bonchev–Trinajstić information content (AvgIpc) is 2.43. The van der Waals surface area contributed by atoms with Crippen LogP contribution in [0.3, 0.4) is 0 Å². The lowest BCUT2D eigenvalue weighted by molar-refractivity contribution is -0.121. The average molecular weight is 337 g/mol. The lowest BCUT2D eigenvalue weighted by atomic mass is 9.92. The van der Waals surface area contributed by atoms with Crippen molar-refractivity contribution in [1.82, 2.24) is 5.32 Å². The van der Waals surface area contributed by atoms with Crippen molar-refractivity contribution in [2.45, 2.75) is 53.4 Å². The minimum Gasteiger partial charge on any atom is -0.494 e. The van der Waals surface area contributed by atoms with Crippen molar-refractivity contribution in [3.05, 3.63) is 24.3 Å². The highest BCUT2D eigenvalue weighted by Crippen LogP contribution is 2.18. The van der Waals surface area contributed by atoms with E-state index in [1.54, 1.807) is 0 Å². The second kappa shape index (κ2) is 9.50. The number of anilines is 1. The summed E-state index contributed by atoms with van der Waals surface area (Å²) in [5, 5.41) is 6.02. The van der Waals surface area contributed by atoms with E-state index in [0.717, 1.165) is 24.5 Å². The zero-order chi connectivity index (χ0) is 17.3. The van der Waals surface area contributed by atoms with Crippen LogP contribution in [0.25, 0.3) is 0 Å². The Balaban J connectivity index is 2.39. The van der Waals surface area contributed by atoms with Gasteiger partial charge in [0.2, 0.25) is 5.91 Å². The Kier molecular flexibility index (Phi) is 8.03. The molecule has 1 rings (SSSR count). The maximum absolute atomic E-state index is 11.8. The minimum atomic E-state index is -0.0779. The molecule has 4 nitrogen and oxygen atoms in total. The number of rotatable bonds is 7. The highest BCUT2D eigenvalue weighted by Gasteiger charge is 2.16. The summed E-state index contributed by atoms with van der Waals surface area (Å²) in [5.74, 6) is 0.764. The van der Waals surface area contributed by atoms with Crippen molar-refractivity contribution < 1.29 is 9.53 Å². The first-order valence-electron chi connectivity index (χ1n) is 8.14. The molecular formula is C18H28N2O2S. The zero-order valence-corrected chi connectivity index (χ0v) is 15.4. The molecule has 128 valence electrons. The van der Waals surface area contributed by atoms with E-state index >= 15 is 0 Å². The fraction of sp³-hybridized carbons (Fsp3) is 0.556. The van der Waals surface area contributed by atoms with Crippen molar-refractivity contribution in [2.75, 3.05) is 11.9 Å². The van der Waals surface area contributed by atoms with E-state index in [2.05, 4.69) is 17.6 Å². The second-order valence-corrected chi connectivity index (χ2v) is 7.23. The number of amides is 1. The van der Waals surface area contributed by atoms with Crippen LogP contribution in [0.15, 0.2) is 24.3 Å². The molecule has 0 aliphatic carbocycles. The van der Waals surface area contributed by atoms with E-state index in [0.29, 0.717) is 11.5 Å². The third-order valence-electron chi connectivity index (χ3n) is 3.07. The van der Waals surface area contributed by atoms with Crippen molar-refractivity contribution >= 4 is 28.9 Å². The number of nitrogens with one attached hydrogen (secondary N) is 2. The molecule has 0 heterocycles. The van der Waals surface area contributed by atoms with Gasteiger partial charge in [0.1, 0.15) is 5.75 Å². The van der Waals surface area contributed by atoms with Crippen LogP contribution in [0.1, 0.15) is 53.4 Å². The molecule has 0 aromatic heterocycles. The third-order valence-corrected chi connectivity index (χ3v) is 3.28. The van der Waals surface area contributed by atoms with Crippen LogP contribution in [0.5, 0.6) is 5.75 Å². The number of hydrogen-bond donors (Lipinski definition) is 2. The van der Waals surface area contributed by atoms with Crippen molar-refractivity contribution in [3.8, 4) is 5.75 Å². The van der Waals surface area contributed by atoms with Gasteiger partial charge in [-0.25, -0.2) is 0 Å². The summed E-state index contributed by atoms with van der Waals surface area (Å²) in [5.41, 5.74) is 0.767. The van der Waals surface area contributed by atoms with E-state index in [4.69, 9.17) is 17.0 Å². The molecule has 0 fully saturated rings.